The topological polar surface area (TPSA) is 38.3 Å². The highest BCUT2D eigenvalue weighted by molar-refractivity contribution is 5.97. The average molecular weight is 223 g/mol. The Morgan fingerprint density at radius 2 is 1.88 bits per heavy atom. The SMILES string of the molecule is C=CC1=C(C=C)C(=O)NC(C)(C)CO1.CC. The van der Waals surface area contributed by atoms with Crippen LogP contribution in [0.4, 0.5) is 0 Å². The highest BCUT2D eigenvalue weighted by Gasteiger charge is 2.27. The first kappa shape index (κ1) is 14.5. The maximum absolute atomic E-state index is 11.7. The van der Waals surface area contributed by atoms with Gasteiger partial charge in [0.1, 0.15) is 12.4 Å². The lowest BCUT2D eigenvalue weighted by molar-refractivity contribution is -0.118. The molecular formula is C13H21NO2. The van der Waals surface area contributed by atoms with Gasteiger partial charge in [-0.25, -0.2) is 0 Å². The van der Waals surface area contributed by atoms with E-state index in [-0.39, 0.29) is 11.4 Å². The molecule has 0 spiro atoms. The van der Waals surface area contributed by atoms with Gasteiger partial charge in [0.25, 0.3) is 5.91 Å². The molecule has 1 amide bonds. The number of carbonyl (C=O) groups is 1. The molecule has 0 saturated heterocycles. The lowest BCUT2D eigenvalue weighted by Crippen LogP contribution is -2.45. The Labute approximate surface area is 97.9 Å². The smallest absolute Gasteiger partial charge is 0.255 e. The van der Waals surface area contributed by atoms with Gasteiger partial charge in [0.2, 0.25) is 0 Å². The largest absolute Gasteiger partial charge is 0.490 e. The molecule has 0 fully saturated rings. The molecule has 16 heavy (non-hydrogen) atoms. The molecule has 0 aromatic rings. The second kappa shape index (κ2) is 6.16. The maximum atomic E-state index is 11.7. The number of amides is 1. The molecule has 3 nitrogen and oxygen atoms in total. The molecule has 0 radical (unpaired) electrons. The normalized spacial score (nSPS) is 18.4. The third kappa shape index (κ3) is 3.57. The van der Waals surface area contributed by atoms with E-state index in [0.29, 0.717) is 17.9 Å². The Hall–Kier alpha value is -1.51. The van der Waals surface area contributed by atoms with E-state index in [2.05, 4.69) is 18.5 Å². The summed E-state index contributed by atoms with van der Waals surface area (Å²) in [6, 6.07) is 0. The predicted octanol–water partition coefficient (Wildman–Crippen LogP) is 2.56. The van der Waals surface area contributed by atoms with Crippen LogP contribution in [0.15, 0.2) is 36.6 Å². The first-order chi connectivity index (χ1) is 7.50. The molecule has 0 aliphatic carbocycles. The van der Waals surface area contributed by atoms with Crippen LogP contribution in [0.3, 0.4) is 0 Å². The Balaban J connectivity index is 0.00000106. The van der Waals surface area contributed by atoms with Crippen LogP contribution < -0.4 is 5.32 Å². The van der Waals surface area contributed by atoms with Crippen molar-refractivity contribution in [2.75, 3.05) is 6.61 Å². The Kier molecular flexibility index (Phi) is 5.57. The van der Waals surface area contributed by atoms with Crippen molar-refractivity contribution in [2.24, 2.45) is 0 Å². The van der Waals surface area contributed by atoms with Crippen LogP contribution in [-0.4, -0.2) is 18.1 Å². The van der Waals surface area contributed by atoms with Crippen LogP contribution in [0.2, 0.25) is 0 Å². The fraction of sp³-hybridized carbons (Fsp3) is 0.462. The van der Waals surface area contributed by atoms with E-state index in [0.717, 1.165) is 0 Å². The third-order valence-corrected chi connectivity index (χ3v) is 1.94. The predicted molar refractivity (Wildman–Crippen MR) is 66.9 cm³/mol. The van der Waals surface area contributed by atoms with Crippen LogP contribution in [0.5, 0.6) is 0 Å². The summed E-state index contributed by atoms with van der Waals surface area (Å²) >= 11 is 0. The standard InChI is InChI=1S/C11H15NO2.C2H6/c1-5-8-9(6-2)14-7-11(3,4)12-10(8)13;1-2/h5-6H,1-2,7H2,3-4H3,(H,12,13);1-2H3. The molecular weight excluding hydrogens is 202 g/mol. The van der Waals surface area contributed by atoms with Gasteiger partial charge in [-0.1, -0.05) is 33.1 Å². The number of nitrogens with one attached hydrogen (secondary N) is 1. The average Bonchev–Trinajstić information content (AvgIpc) is 2.36. The Morgan fingerprint density at radius 3 is 2.31 bits per heavy atom. The molecule has 0 atom stereocenters. The van der Waals surface area contributed by atoms with Gasteiger partial charge in [0, 0.05) is 0 Å². The summed E-state index contributed by atoms with van der Waals surface area (Å²) in [5, 5.41) is 2.84. The summed E-state index contributed by atoms with van der Waals surface area (Å²) in [6.45, 7) is 15.4. The summed E-state index contributed by atoms with van der Waals surface area (Å²) in [7, 11) is 0. The second-order valence-electron chi connectivity index (χ2n) is 3.81. The molecule has 0 saturated carbocycles. The highest BCUT2D eigenvalue weighted by Crippen LogP contribution is 2.17. The summed E-state index contributed by atoms with van der Waals surface area (Å²) in [4.78, 5) is 11.7. The molecule has 3 heteroatoms. The van der Waals surface area contributed by atoms with Gasteiger partial charge in [-0.2, -0.15) is 0 Å². The van der Waals surface area contributed by atoms with E-state index in [1.54, 1.807) is 0 Å². The Morgan fingerprint density at radius 1 is 1.31 bits per heavy atom. The molecule has 1 aliphatic heterocycles. The highest BCUT2D eigenvalue weighted by atomic mass is 16.5. The zero-order valence-corrected chi connectivity index (χ0v) is 10.6. The Bertz CT molecular complexity index is 314. The lowest BCUT2D eigenvalue weighted by Gasteiger charge is -2.22. The van der Waals surface area contributed by atoms with Gasteiger partial charge in [-0.15, -0.1) is 0 Å². The van der Waals surface area contributed by atoms with Crippen LogP contribution >= 0.6 is 0 Å². The fourth-order valence-electron chi connectivity index (χ4n) is 1.22. The summed E-state index contributed by atoms with van der Waals surface area (Å²) in [6.07, 6.45) is 3.01. The van der Waals surface area contributed by atoms with Gasteiger partial charge in [-0.05, 0) is 19.9 Å². The minimum atomic E-state index is -0.365. The molecule has 1 heterocycles. The monoisotopic (exact) mass is 223 g/mol. The lowest BCUT2D eigenvalue weighted by atomic mass is 10.1. The van der Waals surface area contributed by atoms with E-state index < -0.39 is 0 Å². The molecule has 0 bridgehead atoms. The number of allylic oxidation sites excluding steroid dienone is 1. The van der Waals surface area contributed by atoms with Crippen LogP contribution in [0.25, 0.3) is 0 Å². The quantitative estimate of drug-likeness (QED) is 0.781. The molecule has 0 aromatic heterocycles. The van der Waals surface area contributed by atoms with Crippen molar-refractivity contribution in [3.8, 4) is 0 Å². The zero-order valence-electron chi connectivity index (χ0n) is 10.6. The van der Waals surface area contributed by atoms with Gasteiger partial charge < -0.3 is 10.1 Å². The van der Waals surface area contributed by atoms with Crippen molar-refractivity contribution < 1.29 is 9.53 Å². The van der Waals surface area contributed by atoms with Crippen molar-refractivity contribution >= 4 is 5.91 Å². The summed E-state index contributed by atoms with van der Waals surface area (Å²) in [5.41, 5.74) is 0.0707. The molecule has 1 aliphatic rings. The van der Waals surface area contributed by atoms with E-state index in [9.17, 15) is 4.79 Å². The van der Waals surface area contributed by atoms with Gasteiger partial charge in [-0.3, -0.25) is 4.79 Å². The van der Waals surface area contributed by atoms with Gasteiger partial charge in [0.15, 0.2) is 0 Å². The van der Waals surface area contributed by atoms with E-state index in [4.69, 9.17) is 4.74 Å². The molecule has 1 rings (SSSR count). The number of rotatable bonds is 2. The number of carbonyl (C=O) groups excluding carboxylic acids is 1. The van der Waals surface area contributed by atoms with Crippen molar-refractivity contribution in [3.05, 3.63) is 36.6 Å². The van der Waals surface area contributed by atoms with Crippen LogP contribution in [0, 0.1) is 0 Å². The summed E-state index contributed by atoms with van der Waals surface area (Å²) < 4.78 is 5.45. The number of ether oxygens (including phenoxy) is 1. The molecule has 90 valence electrons. The molecule has 1 N–H and O–H groups in total. The van der Waals surface area contributed by atoms with Gasteiger partial charge >= 0.3 is 0 Å². The first-order valence-corrected chi connectivity index (χ1v) is 5.44. The van der Waals surface area contributed by atoms with E-state index in [1.165, 1.54) is 12.2 Å². The molecule has 0 aromatic carbocycles. The zero-order chi connectivity index (χ0) is 12.8. The van der Waals surface area contributed by atoms with Crippen molar-refractivity contribution in [2.45, 2.75) is 33.2 Å². The van der Waals surface area contributed by atoms with Crippen LogP contribution in [0.1, 0.15) is 27.7 Å². The van der Waals surface area contributed by atoms with Gasteiger partial charge in [0.05, 0.1) is 11.1 Å². The van der Waals surface area contributed by atoms with Crippen molar-refractivity contribution in [3.63, 3.8) is 0 Å². The molecule has 0 unspecified atom stereocenters. The third-order valence-electron chi connectivity index (χ3n) is 1.94. The van der Waals surface area contributed by atoms with E-state index in [1.807, 2.05) is 27.7 Å². The maximum Gasteiger partial charge on any atom is 0.255 e. The van der Waals surface area contributed by atoms with Crippen LogP contribution in [-0.2, 0) is 9.53 Å². The number of hydrogen-bond donors (Lipinski definition) is 1. The van der Waals surface area contributed by atoms with Crippen molar-refractivity contribution in [1.82, 2.24) is 5.32 Å². The minimum Gasteiger partial charge on any atom is -0.490 e. The van der Waals surface area contributed by atoms with E-state index >= 15 is 0 Å². The first-order valence-electron chi connectivity index (χ1n) is 5.44. The summed E-state index contributed by atoms with van der Waals surface area (Å²) in [5.74, 6) is 0.320. The second-order valence-corrected chi connectivity index (χ2v) is 3.81. The van der Waals surface area contributed by atoms with Crippen molar-refractivity contribution in [1.29, 1.82) is 0 Å². The number of hydrogen-bond acceptors (Lipinski definition) is 2. The minimum absolute atomic E-state index is 0.169. The fourth-order valence-corrected chi connectivity index (χ4v) is 1.22.